The van der Waals surface area contributed by atoms with Crippen LogP contribution in [0.1, 0.15) is 36.0 Å². The van der Waals surface area contributed by atoms with Gasteiger partial charge in [-0.2, -0.15) is 0 Å². The number of hydrogen-bond acceptors (Lipinski definition) is 4. The highest BCUT2D eigenvalue weighted by Crippen LogP contribution is 2.34. The fourth-order valence-corrected chi connectivity index (χ4v) is 4.51. The maximum absolute atomic E-state index is 11.1. The Hall–Kier alpha value is -2.66. The summed E-state index contributed by atoms with van der Waals surface area (Å²) < 4.78 is 5.42. The first-order chi connectivity index (χ1) is 15.6. The van der Waals surface area contributed by atoms with E-state index in [-0.39, 0.29) is 0 Å². The molecule has 1 aromatic heterocycles. The summed E-state index contributed by atoms with van der Waals surface area (Å²) in [6.45, 7) is 2.66. The zero-order chi connectivity index (χ0) is 22.4. The Balaban J connectivity index is 1.43. The van der Waals surface area contributed by atoms with Crippen LogP contribution in [0.15, 0.2) is 79.1 Å². The molecule has 0 aliphatic carbocycles. The Bertz CT molecular complexity index is 1060. The molecule has 0 saturated carbocycles. The average molecular weight is 449 g/mol. The van der Waals surface area contributed by atoms with Crippen molar-refractivity contribution >= 4 is 17.2 Å². The summed E-state index contributed by atoms with van der Waals surface area (Å²) in [7, 11) is 1.69. The van der Waals surface area contributed by atoms with Crippen LogP contribution >= 0.6 is 11.6 Å². The molecule has 4 rings (SSSR count). The predicted molar refractivity (Wildman–Crippen MR) is 130 cm³/mol. The largest absolute Gasteiger partial charge is 0.497 e. The number of ether oxygens (including phenoxy) is 1. The summed E-state index contributed by atoms with van der Waals surface area (Å²) in [5.41, 5.74) is 3.49. The minimum absolute atomic E-state index is 0.670. The molecule has 0 spiro atoms. The summed E-state index contributed by atoms with van der Waals surface area (Å²) in [4.78, 5) is 6.72. The molecule has 4 nitrogen and oxygen atoms in total. The van der Waals surface area contributed by atoms with E-state index in [1.54, 1.807) is 13.3 Å². The molecule has 3 aromatic rings. The van der Waals surface area contributed by atoms with Crippen LogP contribution in [-0.4, -0.2) is 41.7 Å². The number of benzene rings is 2. The summed E-state index contributed by atoms with van der Waals surface area (Å²) in [6, 6.07) is 19.8. The molecule has 1 N–H and O–H groups in total. The molecule has 1 saturated heterocycles. The Labute approximate surface area is 195 Å². The van der Waals surface area contributed by atoms with Crippen molar-refractivity contribution < 1.29 is 9.84 Å². The van der Waals surface area contributed by atoms with Crippen molar-refractivity contribution in [3.05, 3.63) is 101 Å². The van der Waals surface area contributed by atoms with E-state index in [4.69, 9.17) is 16.3 Å². The number of aromatic nitrogens is 1. The summed E-state index contributed by atoms with van der Waals surface area (Å²) in [6.07, 6.45) is 8.31. The Morgan fingerprint density at radius 3 is 2.59 bits per heavy atom. The summed E-state index contributed by atoms with van der Waals surface area (Å²) in [5.74, 6) is 0.841. The normalized spacial score (nSPS) is 16.7. The number of methoxy groups -OCH3 is 1. The van der Waals surface area contributed by atoms with Crippen LogP contribution in [0.2, 0.25) is 5.02 Å². The van der Waals surface area contributed by atoms with Crippen LogP contribution in [0.4, 0.5) is 0 Å². The van der Waals surface area contributed by atoms with Gasteiger partial charge in [0.05, 0.1) is 12.7 Å². The van der Waals surface area contributed by atoms with E-state index in [0.717, 1.165) is 54.1 Å². The molecule has 0 amide bonds. The maximum atomic E-state index is 11.1. The molecule has 0 radical (unpaired) electrons. The molecular weight excluding hydrogens is 420 g/mol. The van der Waals surface area contributed by atoms with E-state index in [0.29, 0.717) is 17.9 Å². The topological polar surface area (TPSA) is 45.6 Å². The van der Waals surface area contributed by atoms with Crippen LogP contribution in [0.25, 0.3) is 5.57 Å². The molecule has 0 atom stereocenters. The first-order valence-electron chi connectivity index (χ1n) is 11.0. The summed E-state index contributed by atoms with van der Waals surface area (Å²) in [5, 5.41) is 11.8. The van der Waals surface area contributed by atoms with Crippen LogP contribution < -0.4 is 4.74 Å². The van der Waals surface area contributed by atoms with E-state index in [1.165, 1.54) is 0 Å². The van der Waals surface area contributed by atoms with Gasteiger partial charge in [-0.3, -0.25) is 4.98 Å². The SMILES string of the molecule is COc1cccc(/C(=C/CCN2CCC(O)(c3cccc(Cl)c3)CC2)c2cccnc2)c1. The molecule has 1 aliphatic heterocycles. The molecular formula is C27H29ClN2O2. The van der Waals surface area contributed by atoms with Crippen molar-refractivity contribution in [2.24, 2.45) is 0 Å². The smallest absolute Gasteiger partial charge is 0.119 e. The van der Waals surface area contributed by atoms with E-state index in [1.807, 2.05) is 48.7 Å². The fraction of sp³-hybridized carbons (Fsp3) is 0.296. The molecule has 5 heteroatoms. The van der Waals surface area contributed by atoms with Gasteiger partial charge >= 0.3 is 0 Å². The number of aliphatic hydroxyl groups is 1. The van der Waals surface area contributed by atoms with Crippen LogP contribution in [0, 0.1) is 0 Å². The van der Waals surface area contributed by atoms with Crippen LogP contribution in [0.5, 0.6) is 5.75 Å². The van der Waals surface area contributed by atoms with E-state index in [9.17, 15) is 5.11 Å². The van der Waals surface area contributed by atoms with Gasteiger partial charge in [0.1, 0.15) is 5.75 Å². The molecule has 2 aromatic carbocycles. The zero-order valence-corrected chi connectivity index (χ0v) is 19.1. The Morgan fingerprint density at radius 1 is 1.09 bits per heavy atom. The lowest BCUT2D eigenvalue weighted by atomic mass is 9.84. The van der Waals surface area contributed by atoms with Gasteiger partial charge in [0.25, 0.3) is 0 Å². The van der Waals surface area contributed by atoms with Crippen molar-refractivity contribution in [1.82, 2.24) is 9.88 Å². The van der Waals surface area contributed by atoms with E-state index in [2.05, 4.69) is 34.2 Å². The number of likely N-dealkylation sites (tertiary alicyclic amines) is 1. The van der Waals surface area contributed by atoms with Crippen molar-refractivity contribution in [2.75, 3.05) is 26.7 Å². The number of hydrogen-bond donors (Lipinski definition) is 1. The zero-order valence-electron chi connectivity index (χ0n) is 18.4. The maximum Gasteiger partial charge on any atom is 0.119 e. The highest BCUT2D eigenvalue weighted by atomic mass is 35.5. The fourth-order valence-electron chi connectivity index (χ4n) is 4.32. The van der Waals surface area contributed by atoms with Gasteiger partial charge in [-0.15, -0.1) is 0 Å². The number of piperidine rings is 1. The van der Waals surface area contributed by atoms with Gasteiger partial charge in [0.15, 0.2) is 0 Å². The molecule has 2 heterocycles. The monoisotopic (exact) mass is 448 g/mol. The third kappa shape index (κ3) is 5.39. The van der Waals surface area contributed by atoms with Gasteiger partial charge < -0.3 is 14.7 Å². The van der Waals surface area contributed by atoms with Crippen molar-refractivity contribution in [3.8, 4) is 5.75 Å². The standard InChI is InChI=1S/C27H29ClN2O2/c1-32-25-10-2-6-21(18-25)26(22-7-4-14-29-20-22)11-5-15-30-16-12-27(31,13-17-30)23-8-3-9-24(28)19-23/h2-4,6-11,14,18-20,31H,5,12-13,15-17H2,1H3/b26-11-. The first-order valence-corrected chi connectivity index (χ1v) is 11.4. The Morgan fingerprint density at radius 2 is 1.88 bits per heavy atom. The third-order valence-electron chi connectivity index (χ3n) is 6.19. The molecule has 1 fully saturated rings. The van der Waals surface area contributed by atoms with Gasteiger partial charge in [0.2, 0.25) is 0 Å². The lowest BCUT2D eigenvalue weighted by molar-refractivity contribution is -0.0254. The minimum Gasteiger partial charge on any atom is -0.497 e. The quantitative estimate of drug-likeness (QED) is 0.514. The van der Waals surface area contributed by atoms with E-state index >= 15 is 0 Å². The second-order valence-corrected chi connectivity index (χ2v) is 8.70. The van der Waals surface area contributed by atoms with Gasteiger partial charge in [-0.25, -0.2) is 0 Å². The lowest BCUT2D eigenvalue weighted by Gasteiger charge is -2.38. The van der Waals surface area contributed by atoms with Crippen LogP contribution in [-0.2, 0) is 5.60 Å². The van der Waals surface area contributed by atoms with Crippen molar-refractivity contribution in [1.29, 1.82) is 0 Å². The summed E-state index contributed by atoms with van der Waals surface area (Å²) >= 11 is 6.13. The predicted octanol–water partition coefficient (Wildman–Crippen LogP) is 5.55. The first kappa shape index (κ1) is 22.5. The number of pyridine rings is 1. The highest BCUT2D eigenvalue weighted by Gasteiger charge is 2.33. The molecule has 0 unspecified atom stereocenters. The van der Waals surface area contributed by atoms with Crippen LogP contribution in [0.3, 0.4) is 0 Å². The molecule has 32 heavy (non-hydrogen) atoms. The van der Waals surface area contributed by atoms with E-state index < -0.39 is 5.60 Å². The number of halogens is 1. The second-order valence-electron chi connectivity index (χ2n) is 8.26. The minimum atomic E-state index is -0.793. The number of nitrogens with zero attached hydrogens (tertiary/aromatic N) is 2. The van der Waals surface area contributed by atoms with Gasteiger partial charge in [0, 0.05) is 42.6 Å². The average Bonchev–Trinajstić information content (AvgIpc) is 2.84. The van der Waals surface area contributed by atoms with Crippen molar-refractivity contribution in [3.63, 3.8) is 0 Å². The lowest BCUT2D eigenvalue weighted by Crippen LogP contribution is -2.42. The molecule has 166 valence electrons. The molecule has 0 bridgehead atoms. The molecule has 1 aliphatic rings. The van der Waals surface area contributed by atoms with Gasteiger partial charge in [-0.05, 0) is 66.3 Å². The van der Waals surface area contributed by atoms with Crippen molar-refractivity contribution in [2.45, 2.75) is 24.9 Å². The highest BCUT2D eigenvalue weighted by molar-refractivity contribution is 6.30. The second kappa shape index (κ2) is 10.3. The third-order valence-corrected chi connectivity index (χ3v) is 6.43. The van der Waals surface area contributed by atoms with Gasteiger partial charge in [-0.1, -0.05) is 48.0 Å². The number of rotatable bonds is 7. The Kier molecular flexibility index (Phi) is 7.26.